The minimum Gasteiger partial charge on any atom is -0.464 e. The average Bonchev–Trinajstić information content (AvgIpc) is 3.18. The number of aromatic nitrogens is 3. The molecule has 0 bridgehead atoms. The highest BCUT2D eigenvalue weighted by Gasteiger charge is 2.51. The van der Waals surface area contributed by atoms with Gasteiger partial charge in [-0.2, -0.15) is 0 Å². The van der Waals surface area contributed by atoms with Crippen LogP contribution < -0.4 is 0 Å². The van der Waals surface area contributed by atoms with Gasteiger partial charge in [-0.05, 0) is 0 Å². The zero-order chi connectivity index (χ0) is 20.1. The van der Waals surface area contributed by atoms with Crippen LogP contribution in [0, 0.1) is 0 Å². The maximum Gasteiger partial charge on any atom is 0.360 e. The van der Waals surface area contributed by atoms with E-state index >= 15 is 0 Å². The first-order valence-corrected chi connectivity index (χ1v) is 7.86. The minimum atomic E-state index is -1.11. The summed E-state index contributed by atoms with van der Waals surface area (Å²) in [6, 6.07) is 0. The van der Waals surface area contributed by atoms with Crippen molar-refractivity contribution in [2.45, 2.75) is 45.3 Å². The predicted octanol–water partition coefficient (Wildman–Crippen LogP) is -0.611. The highest BCUT2D eigenvalue weighted by molar-refractivity contribution is 5.86. The third-order valence-electron chi connectivity index (χ3n) is 3.51. The Kier molecular flexibility index (Phi) is 6.45. The van der Waals surface area contributed by atoms with Crippen LogP contribution in [0.1, 0.15) is 37.5 Å². The largest absolute Gasteiger partial charge is 0.464 e. The Balaban J connectivity index is 2.33. The molecule has 0 aliphatic carbocycles. The summed E-state index contributed by atoms with van der Waals surface area (Å²) in [5.74, 6) is -2.60. The van der Waals surface area contributed by atoms with Crippen LogP contribution in [0.15, 0.2) is 6.20 Å². The fourth-order valence-corrected chi connectivity index (χ4v) is 2.50. The minimum absolute atomic E-state index is 0.102. The van der Waals surface area contributed by atoms with Gasteiger partial charge >= 0.3 is 23.9 Å². The summed E-state index contributed by atoms with van der Waals surface area (Å²) < 4.78 is 26.8. The van der Waals surface area contributed by atoms with Gasteiger partial charge in [0.25, 0.3) is 0 Å². The van der Waals surface area contributed by atoms with Crippen LogP contribution in [-0.4, -0.2) is 70.9 Å². The predicted molar refractivity (Wildman–Crippen MR) is 83.0 cm³/mol. The molecule has 12 heteroatoms. The van der Waals surface area contributed by atoms with Gasteiger partial charge in [0.15, 0.2) is 24.1 Å². The summed E-state index contributed by atoms with van der Waals surface area (Å²) in [5, 5.41) is 7.42. The summed E-state index contributed by atoms with van der Waals surface area (Å²) in [5.41, 5.74) is -0.102. The Hall–Kier alpha value is -3.02. The lowest BCUT2D eigenvalue weighted by atomic mass is 10.1. The van der Waals surface area contributed by atoms with Crippen LogP contribution in [-0.2, 0) is 38.1 Å². The molecule has 1 aromatic heterocycles. The number of rotatable bonds is 6. The van der Waals surface area contributed by atoms with Gasteiger partial charge in [-0.15, -0.1) is 5.10 Å². The number of esters is 4. The highest BCUT2D eigenvalue weighted by Crippen LogP contribution is 2.34. The van der Waals surface area contributed by atoms with Crippen molar-refractivity contribution in [2.75, 3.05) is 13.7 Å². The van der Waals surface area contributed by atoms with Crippen LogP contribution >= 0.6 is 0 Å². The van der Waals surface area contributed by atoms with Gasteiger partial charge in [-0.1, -0.05) is 5.21 Å². The Morgan fingerprint density at radius 1 is 1.07 bits per heavy atom. The van der Waals surface area contributed by atoms with Gasteiger partial charge in [0.1, 0.15) is 12.7 Å². The van der Waals surface area contributed by atoms with E-state index in [0.717, 1.165) is 4.68 Å². The molecule has 0 aromatic carbocycles. The highest BCUT2D eigenvalue weighted by atomic mass is 16.7. The molecule has 0 unspecified atom stereocenters. The molecule has 2 rings (SSSR count). The molecule has 0 spiro atoms. The third kappa shape index (κ3) is 5.00. The number of hydrogen-bond acceptors (Lipinski definition) is 11. The van der Waals surface area contributed by atoms with Crippen LogP contribution in [0.5, 0.6) is 0 Å². The molecule has 0 N–H and O–H groups in total. The SMILES string of the molecule is COC(=O)c1cn([C@@H]2O[C@H](COC(C)=O)[C@@H](OC(C)=O)[C@H]2OC(C)=O)nn1. The Bertz CT molecular complexity index is 732. The van der Waals surface area contributed by atoms with E-state index in [-0.39, 0.29) is 12.3 Å². The van der Waals surface area contributed by atoms with Gasteiger partial charge in [0.05, 0.1) is 13.3 Å². The van der Waals surface area contributed by atoms with Gasteiger partial charge in [0, 0.05) is 20.8 Å². The Morgan fingerprint density at radius 3 is 2.26 bits per heavy atom. The molecule has 0 radical (unpaired) electrons. The molecule has 1 aliphatic rings. The van der Waals surface area contributed by atoms with Crippen molar-refractivity contribution in [3.05, 3.63) is 11.9 Å². The topological polar surface area (TPSA) is 145 Å². The number of hydrogen-bond donors (Lipinski definition) is 0. The Morgan fingerprint density at radius 2 is 1.70 bits per heavy atom. The smallest absolute Gasteiger partial charge is 0.360 e. The van der Waals surface area contributed by atoms with E-state index in [9.17, 15) is 19.2 Å². The van der Waals surface area contributed by atoms with Crippen molar-refractivity contribution < 1.29 is 42.9 Å². The van der Waals surface area contributed by atoms with E-state index in [1.807, 2.05) is 0 Å². The molecule has 1 fully saturated rings. The quantitative estimate of drug-likeness (QED) is 0.456. The molecule has 12 nitrogen and oxygen atoms in total. The first-order chi connectivity index (χ1) is 12.7. The maximum atomic E-state index is 11.6. The normalized spacial score (nSPS) is 24.1. The van der Waals surface area contributed by atoms with Crippen molar-refractivity contribution in [1.82, 2.24) is 15.0 Å². The second-order valence-electron chi connectivity index (χ2n) is 5.59. The molecule has 148 valence electrons. The second-order valence-corrected chi connectivity index (χ2v) is 5.59. The number of ether oxygens (including phenoxy) is 5. The fraction of sp³-hybridized carbons (Fsp3) is 0.600. The van der Waals surface area contributed by atoms with E-state index in [2.05, 4.69) is 15.0 Å². The zero-order valence-corrected chi connectivity index (χ0v) is 15.1. The molecular weight excluding hydrogens is 366 g/mol. The molecular formula is C15H19N3O9. The lowest BCUT2D eigenvalue weighted by molar-refractivity contribution is -0.166. The first-order valence-electron chi connectivity index (χ1n) is 7.86. The summed E-state index contributed by atoms with van der Waals surface area (Å²) in [6.45, 7) is 3.30. The lowest BCUT2D eigenvalue weighted by Crippen LogP contribution is -2.40. The summed E-state index contributed by atoms with van der Waals surface area (Å²) in [4.78, 5) is 45.6. The standard InChI is InChI=1S/C15H19N3O9/c1-7(19)24-6-11-12(25-8(2)20)13(26-9(3)21)14(27-11)18-5-10(16-17-18)15(22)23-4/h5,11-14H,6H2,1-4H3/t11-,12-,13-,14-/m1/s1. The maximum absolute atomic E-state index is 11.6. The van der Waals surface area contributed by atoms with E-state index in [4.69, 9.17) is 18.9 Å². The number of carbonyl (C=O) groups excluding carboxylic acids is 4. The van der Waals surface area contributed by atoms with Crippen LogP contribution in [0.4, 0.5) is 0 Å². The number of carbonyl (C=O) groups is 4. The van der Waals surface area contributed by atoms with Crippen molar-refractivity contribution in [1.29, 1.82) is 0 Å². The molecule has 2 heterocycles. The van der Waals surface area contributed by atoms with Crippen LogP contribution in [0.2, 0.25) is 0 Å². The second kappa shape index (κ2) is 8.58. The van der Waals surface area contributed by atoms with Crippen molar-refractivity contribution in [2.24, 2.45) is 0 Å². The van der Waals surface area contributed by atoms with E-state index in [1.165, 1.54) is 34.1 Å². The van der Waals surface area contributed by atoms with E-state index in [1.54, 1.807) is 0 Å². The monoisotopic (exact) mass is 385 g/mol. The zero-order valence-electron chi connectivity index (χ0n) is 15.1. The van der Waals surface area contributed by atoms with Crippen LogP contribution in [0.3, 0.4) is 0 Å². The van der Waals surface area contributed by atoms with Crippen molar-refractivity contribution in [3.8, 4) is 0 Å². The molecule has 27 heavy (non-hydrogen) atoms. The Labute approximate surface area is 153 Å². The van der Waals surface area contributed by atoms with Gasteiger partial charge in [0.2, 0.25) is 0 Å². The summed E-state index contributed by atoms with van der Waals surface area (Å²) >= 11 is 0. The fourth-order valence-electron chi connectivity index (χ4n) is 2.50. The van der Waals surface area contributed by atoms with Crippen molar-refractivity contribution >= 4 is 23.9 Å². The molecule has 1 aliphatic heterocycles. The molecule has 1 saturated heterocycles. The summed E-state index contributed by atoms with van der Waals surface area (Å²) in [6.07, 6.45) is -2.96. The van der Waals surface area contributed by atoms with Gasteiger partial charge < -0.3 is 23.7 Å². The van der Waals surface area contributed by atoms with Crippen LogP contribution in [0.25, 0.3) is 0 Å². The summed E-state index contributed by atoms with van der Waals surface area (Å²) in [7, 11) is 1.18. The van der Waals surface area contributed by atoms with Gasteiger partial charge in [-0.3, -0.25) is 14.4 Å². The molecule has 4 atom stereocenters. The van der Waals surface area contributed by atoms with Gasteiger partial charge in [-0.25, -0.2) is 9.48 Å². The van der Waals surface area contributed by atoms with E-state index < -0.39 is 48.4 Å². The molecule has 1 aromatic rings. The molecule has 0 saturated carbocycles. The average molecular weight is 385 g/mol. The third-order valence-corrected chi connectivity index (χ3v) is 3.51. The number of methoxy groups -OCH3 is 1. The number of nitrogens with zero attached hydrogens (tertiary/aromatic N) is 3. The lowest BCUT2D eigenvalue weighted by Gasteiger charge is -2.23. The first kappa shape index (κ1) is 20.3. The van der Waals surface area contributed by atoms with Crippen molar-refractivity contribution in [3.63, 3.8) is 0 Å². The molecule has 0 amide bonds. The van der Waals surface area contributed by atoms with E-state index in [0.29, 0.717) is 0 Å².